The van der Waals surface area contributed by atoms with Crippen molar-refractivity contribution in [2.45, 2.75) is 26.2 Å². The van der Waals surface area contributed by atoms with Crippen LogP contribution in [0.5, 0.6) is 0 Å². The van der Waals surface area contributed by atoms with Gasteiger partial charge < -0.3 is 9.83 Å². The minimum atomic E-state index is -0.379. The van der Waals surface area contributed by atoms with Crippen molar-refractivity contribution in [3.05, 3.63) is 95.3 Å². The number of piperidine rings is 1. The Balaban J connectivity index is 1.65. The van der Waals surface area contributed by atoms with Gasteiger partial charge in [-0.1, -0.05) is 66.2 Å². The molecule has 142 valence electrons. The molecule has 0 saturated carbocycles. The van der Waals surface area contributed by atoms with Crippen LogP contribution in [0.1, 0.15) is 29.5 Å². The third-order valence-electron chi connectivity index (χ3n) is 5.46. The molecule has 1 aromatic heterocycles. The number of benzene rings is 2. The predicted octanol–water partition coefficient (Wildman–Crippen LogP) is 3.94. The highest BCUT2D eigenvalue weighted by Crippen LogP contribution is 2.32. The van der Waals surface area contributed by atoms with E-state index in [-0.39, 0.29) is 7.05 Å². The van der Waals surface area contributed by atoms with Gasteiger partial charge in [0.1, 0.15) is 0 Å². The number of aromatic nitrogens is 2. The van der Waals surface area contributed by atoms with E-state index in [2.05, 4.69) is 70.7 Å². The Morgan fingerprint density at radius 3 is 2.25 bits per heavy atom. The van der Waals surface area contributed by atoms with Gasteiger partial charge in [0.05, 0.1) is 12.7 Å². The van der Waals surface area contributed by atoms with Gasteiger partial charge in [-0.25, -0.2) is 0 Å². The summed E-state index contributed by atoms with van der Waals surface area (Å²) in [5.41, 5.74) is 6.40. The van der Waals surface area contributed by atoms with Crippen LogP contribution in [-0.2, 0) is 6.54 Å². The Hall–Kier alpha value is -2.63. The van der Waals surface area contributed by atoms with Crippen LogP contribution in [0.25, 0.3) is 5.57 Å². The van der Waals surface area contributed by atoms with Crippen LogP contribution in [0.3, 0.4) is 0 Å². The van der Waals surface area contributed by atoms with Gasteiger partial charge in [-0.05, 0) is 49.5 Å². The number of hydrogen-bond acceptors (Lipinski definition) is 3. The van der Waals surface area contributed by atoms with E-state index in [4.69, 9.17) is 0 Å². The molecule has 1 aliphatic heterocycles. The molecule has 0 radical (unpaired) electrons. The first-order chi connectivity index (χ1) is 13.7. The van der Waals surface area contributed by atoms with Crippen molar-refractivity contribution in [2.24, 2.45) is 0 Å². The van der Waals surface area contributed by atoms with Crippen LogP contribution < -0.4 is 0 Å². The van der Waals surface area contributed by atoms with Gasteiger partial charge in [0.15, 0.2) is 0 Å². The lowest BCUT2D eigenvalue weighted by Crippen LogP contribution is -2.41. The van der Waals surface area contributed by atoms with Crippen LogP contribution in [0, 0.1) is 0 Å². The van der Waals surface area contributed by atoms with Gasteiger partial charge in [-0.2, -0.15) is 5.10 Å². The monoisotopic (exact) mass is 371 g/mol. The molecule has 0 aliphatic carbocycles. The molecule has 1 saturated heterocycles. The second-order valence-electron chi connectivity index (χ2n) is 7.42. The van der Waals surface area contributed by atoms with Gasteiger partial charge in [0, 0.05) is 11.8 Å². The number of rotatable bonds is 5. The van der Waals surface area contributed by atoms with Crippen molar-refractivity contribution in [2.75, 3.05) is 13.1 Å². The first-order valence-electron chi connectivity index (χ1n) is 9.97. The van der Waals surface area contributed by atoms with Crippen LogP contribution in [-0.4, -0.2) is 39.8 Å². The average molecular weight is 371 g/mol. The van der Waals surface area contributed by atoms with Crippen molar-refractivity contribution < 1.29 is 5.02 Å². The Labute approximate surface area is 167 Å². The predicted molar refractivity (Wildman–Crippen MR) is 115 cm³/mol. The molecule has 4 nitrogen and oxygen atoms in total. The van der Waals surface area contributed by atoms with Crippen molar-refractivity contribution >= 4 is 12.6 Å². The van der Waals surface area contributed by atoms with E-state index in [0.29, 0.717) is 0 Å². The Kier molecular flexibility index (Phi) is 5.74. The summed E-state index contributed by atoms with van der Waals surface area (Å²) in [6, 6.07) is 21.0. The van der Waals surface area contributed by atoms with Gasteiger partial charge in [-0.3, -0.25) is 4.68 Å². The van der Waals surface area contributed by atoms with Gasteiger partial charge in [-0.15, -0.1) is 0 Å². The van der Waals surface area contributed by atoms with E-state index >= 15 is 0 Å². The fourth-order valence-electron chi connectivity index (χ4n) is 3.95. The van der Waals surface area contributed by atoms with Crippen LogP contribution in [0.4, 0.5) is 0 Å². The zero-order valence-corrected chi connectivity index (χ0v) is 16.3. The molecule has 5 heteroatoms. The zero-order chi connectivity index (χ0) is 19.3. The first-order valence-corrected chi connectivity index (χ1v) is 9.97. The second-order valence-corrected chi connectivity index (χ2v) is 7.42. The SMILES string of the molecule is CB(O)N1CCC(=C(c2ccccc2)c2cnn(Cc3ccccc3)c2)CC1. The summed E-state index contributed by atoms with van der Waals surface area (Å²) in [6.07, 6.45) is 6.08. The molecule has 3 aromatic rings. The van der Waals surface area contributed by atoms with Crippen molar-refractivity contribution in [1.29, 1.82) is 0 Å². The highest BCUT2D eigenvalue weighted by Gasteiger charge is 2.23. The topological polar surface area (TPSA) is 41.3 Å². The maximum Gasteiger partial charge on any atom is 0.376 e. The summed E-state index contributed by atoms with van der Waals surface area (Å²) in [5, 5.41) is 14.5. The van der Waals surface area contributed by atoms with E-state index < -0.39 is 0 Å². The largest absolute Gasteiger partial charge is 0.437 e. The molecular formula is C23H26BN3O. The molecular weight excluding hydrogens is 345 g/mol. The third kappa shape index (κ3) is 4.27. The van der Waals surface area contributed by atoms with Crippen LogP contribution in [0.15, 0.2) is 78.6 Å². The van der Waals surface area contributed by atoms with Crippen LogP contribution in [0.2, 0.25) is 6.82 Å². The first kappa shape index (κ1) is 18.7. The molecule has 0 amide bonds. The van der Waals surface area contributed by atoms with E-state index in [1.165, 1.54) is 27.8 Å². The van der Waals surface area contributed by atoms with E-state index in [1.54, 1.807) is 0 Å². The lowest BCUT2D eigenvalue weighted by atomic mass is 9.80. The van der Waals surface area contributed by atoms with Crippen molar-refractivity contribution in [1.82, 2.24) is 14.6 Å². The van der Waals surface area contributed by atoms with Gasteiger partial charge in [0.25, 0.3) is 0 Å². The molecule has 4 rings (SSSR count). The fraction of sp³-hybridized carbons (Fsp3) is 0.261. The minimum absolute atomic E-state index is 0.379. The molecule has 1 N–H and O–H groups in total. The lowest BCUT2D eigenvalue weighted by molar-refractivity contribution is 0.345. The Morgan fingerprint density at radius 1 is 0.964 bits per heavy atom. The third-order valence-corrected chi connectivity index (χ3v) is 5.46. The summed E-state index contributed by atoms with van der Waals surface area (Å²) in [4.78, 5) is 2.13. The molecule has 2 heterocycles. The Bertz CT molecular complexity index is 925. The molecule has 0 atom stereocenters. The lowest BCUT2D eigenvalue weighted by Gasteiger charge is -2.30. The normalized spacial score (nSPS) is 14.9. The quantitative estimate of drug-likeness (QED) is 0.691. The summed E-state index contributed by atoms with van der Waals surface area (Å²) < 4.78 is 2.01. The smallest absolute Gasteiger partial charge is 0.376 e. The summed E-state index contributed by atoms with van der Waals surface area (Å²) in [6.45, 7) is 4.40. The number of nitrogens with zero attached hydrogens (tertiary/aromatic N) is 3. The summed E-state index contributed by atoms with van der Waals surface area (Å²) in [7, 11) is -0.379. The maximum atomic E-state index is 9.88. The van der Waals surface area contributed by atoms with Crippen molar-refractivity contribution in [3.8, 4) is 0 Å². The van der Waals surface area contributed by atoms with E-state index in [9.17, 15) is 5.02 Å². The molecule has 1 aliphatic rings. The molecule has 0 unspecified atom stereocenters. The van der Waals surface area contributed by atoms with E-state index in [1.807, 2.05) is 23.8 Å². The van der Waals surface area contributed by atoms with Gasteiger partial charge >= 0.3 is 7.05 Å². The standard InChI is InChI=1S/C23H26BN3O/c1-24(28)26-14-12-21(13-15-26)23(20-10-6-3-7-11-20)22-16-25-27(18-22)17-19-8-4-2-5-9-19/h2-11,16,18,28H,12-15,17H2,1H3. The minimum Gasteiger partial charge on any atom is -0.437 e. The molecule has 2 aromatic carbocycles. The van der Waals surface area contributed by atoms with E-state index in [0.717, 1.165) is 32.5 Å². The number of hydrogen-bond donors (Lipinski definition) is 1. The molecule has 28 heavy (non-hydrogen) atoms. The summed E-state index contributed by atoms with van der Waals surface area (Å²) in [5.74, 6) is 0. The molecule has 0 bridgehead atoms. The highest BCUT2D eigenvalue weighted by molar-refractivity contribution is 6.45. The zero-order valence-electron chi connectivity index (χ0n) is 16.3. The fourth-order valence-corrected chi connectivity index (χ4v) is 3.95. The molecule has 0 spiro atoms. The highest BCUT2D eigenvalue weighted by atomic mass is 16.2. The second kappa shape index (κ2) is 8.59. The summed E-state index contributed by atoms with van der Waals surface area (Å²) >= 11 is 0. The average Bonchev–Trinajstić information content (AvgIpc) is 3.18. The maximum absolute atomic E-state index is 9.88. The van der Waals surface area contributed by atoms with Crippen LogP contribution >= 0.6 is 0 Å². The Morgan fingerprint density at radius 2 is 1.61 bits per heavy atom. The molecule has 1 fully saturated rings. The van der Waals surface area contributed by atoms with Crippen molar-refractivity contribution in [3.63, 3.8) is 0 Å². The van der Waals surface area contributed by atoms with Gasteiger partial charge in [0.2, 0.25) is 0 Å².